The molecule has 6 nitrogen and oxygen atoms in total. The third-order valence-electron chi connectivity index (χ3n) is 2.52. The average Bonchev–Trinajstić information content (AvgIpc) is 2.44. The molecule has 1 aliphatic rings. The number of hydrogen-bond donors (Lipinski definition) is 2. The van der Waals surface area contributed by atoms with Crippen LogP contribution in [0.1, 0.15) is 20.3 Å². The summed E-state index contributed by atoms with van der Waals surface area (Å²) in [5, 5.41) is 0. The first-order valence-corrected chi connectivity index (χ1v) is 6.39. The van der Waals surface area contributed by atoms with Gasteiger partial charge in [-0.05, 0) is 20.3 Å². The molecule has 0 atom stereocenters. The fourth-order valence-corrected chi connectivity index (χ4v) is 3.26. The Balaban J connectivity index is 2.74. The van der Waals surface area contributed by atoms with Crippen molar-refractivity contribution in [2.24, 2.45) is 11.3 Å². The Kier molecular flexibility index (Phi) is 3.37. The van der Waals surface area contributed by atoms with Crippen molar-refractivity contribution in [2.75, 3.05) is 18.8 Å². The number of carbonyl (C=O) groups is 1. The number of carbonyl (C=O) groups excluding carboxylic acids is 1. The highest BCUT2D eigenvalue weighted by Gasteiger charge is 2.36. The van der Waals surface area contributed by atoms with Crippen molar-refractivity contribution in [1.82, 2.24) is 9.73 Å². The van der Waals surface area contributed by atoms with Gasteiger partial charge in [-0.25, -0.2) is 18.6 Å². The molecule has 0 unspecified atom stereocenters. The van der Waals surface area contributed by atoms with Gasteiger partial charge in [0.25, 0.3) is 0 Å². The maximum Gasteiger partial charge on any atom is 0.240 e. The number of hydrazine groups is 1. The minimum Gasteiger partial charge on any atom is -0.294 e. The summed E-state index contributed by atoms with van der Waals surface area (Å²) in [6.07, 6.45) is 0.628. The number of rotatable bonds is 3. The molecule has 1 rings (SSSR count). The van der Waals surface area contributed by atoms with Gasteiger partial charge in [-0.2, -0.15) is 0 Å². The molecule has 88 valence electrons. The molecule has 0 aromatic carbocycles. The third-order valence-corrected chi connectivity index (χ3v) is 4.42. The van der Waals surface area contributed by atoms with Crippen LogP contribution in [0.5, 0.6) is 0 Å². The summed E-state index contributed by atoms with van der Waals surface area (Å²) < 4.78 is 24.4. The topological polar surface area (TPSA) is 92.5 Å². The van der Waals surface area contributed by atoms with Gasteiger partial charge >= 0.3 is 0 Å². The molecule has 0 aromatic heterocycles. The van der Waals surface area contributed by atoms with E-state index in [1.807, 2.05) is 5.43 Å². The molecule has 0 saturated carbocycles. The van der Waals surface area contributed by atoms with E-state index in [9.17, 15) is 13.2 Å². The molecule has 1 fully saturated rings. The molecule has 0 radical (unpaired) electrons. The number of sulfonamides is 1. The van der Waals surface area contributed by atoms with Gasteiger partial charge in [-0.15, -0.1) is 0 Å². The van der Waals surface area contributed by atoms with Gasteiger partial charge in [-0.1, -0.05) is 0 Å². The summed E-state index contributed by atoms with van der Waals surface area (Å²) in [5.41, 5.74) is 1.25. The molecule has 3 N–H and O–H groups in total. The van der Waals surface area contributed by atoms with E-state index in [1.165, 1.54) is 4.31 Å². The molecule has 7 heteroatoms. The summed E-state index contributed by atoms with van der Waals surface area (Å²) in [6.45, 7) is 4.01. The number of amides is 1. The van der Waals surface area contributed by atoms with Crippen LogP contribution in [0.15, 0.2) is 0 Å². The van der Waals surface area contributed by atoms with E-state index < -0.39 is 15.4 Å². The largest absolute Gasteiger partial charge is 0.294 e. The van der Waals surface area contributed by atoms with Crippen LogP contribution in [0.4, 0.5) is 0 Å². The van der Waals surface area contributed by atoms with Crippen LogP contribution in [0.3, 0.4) is 0 Å². The number of nitrogens with one attached hydrogen (secondary N) is 1. The molecule has 0 spiro atoms. The highest BCUT2D eigenvalue weighted by molar-refractivity contribution is 7.89. The molecule has 1 amide bonds. The normalized spacial score (nSPS) is 21.5. The van der Waals surface area contributed by atoms with Gasteiger partial charge in [0, 0.05) is 13.1 Å². The fraction of sp³-hybridized carbons (Fsp3) is 0.875. The summed E-state index contributed by atoms with van der Waals surface area (Å²) in [6, 6.07) is 0. The lowest BCUT2D eigenvalue weighted by Crippen LogP contribution is -2.47. The maximum absolute atomic E-state index is 11.5. The molecule has 1 saturated heterocycles. The van der Waals surface area contributed by atoms with Crippen molar-refractivity contribution in [1.29, 1.82) is 0 Å². The first kappa shape index (κ1) is 12.4. The van der Waals surface area contributed by atoms with Crippen LogP contribution in [-0.4, -0.2) is 37.5 Å². The van der Waals surface area contributed by atoms with Gasteiger partial charge in [0.1, 0.15) is 0 Å². The molecule has 1 heterocycles. The SMILES string of the molecule is CC(C)(CN1CCCS1(=O)=O)C(=O)NN. The number of hydrogen-bond acceptors (Lipinski definition) is 4. The van der Waals surface area contributed by atoms with Crippen molar-refractivity contribution in [2.45, 2.75) is 20.3 Å². The van der Waals surface area contributed by atoms with Crippen molar-refractivity contribution in [3.63, 3.8) is 0 Å². The Morgan fingerprint density at radius 2 is 2.13 bits per heavy atom. The Morgan fingerprint density at radius 1 is 1.53 bits per heavy atom. The van der Waals surface area contributed by atoms with E-state index in [0.29, 0.717) is 13.0 Å². The van der Waals surface area contributed by atoms with Crippen LogP contribution in [0.2, 0.25) is 0 Å². The molecule has 0 aliphatic carbocycles. The van der Waals surface area contributed by atoms with Crippen LogP contribution in [0, 0.1) is 5.41 Å². The van der Waals surface area contributed by atoms with Gasteiger partial charge < -0.3 is 0 Å². The second-order valence-electron chi connectivity index (χ2n) is 4.36. The van der Waals surface area contributed by atoms with Crippen LogP contribution in [0.25, 0.3) is 0 Å². The van der Waals surface area contributed by atoms with E-state index in [2.05, 4.69) is 0 Å². The third kappa shape index (κ3) is 2.67. The second kappa shape index (κ2) is 4.07. The summed E-state index contributed by atoms with van der Waals surface area (Å²) >= 11 is 0. The molecule has 0 bridgehead atoms. The predicted octanol–water partition coefficient (Wildman–Crippen LogP) is -0.962. The maximum atomic E-state index is 11.5. The zero-order valence-corrected chi connectivity index (χ0v) is 9.80. The first-order valence-electron chi connectivity index (χ1n) is 4.78. The molecule has 0 aromatic rings. The lowest BCUT2D eigenvalue weighted by Gasteiger charge is -2.27. The van der Waals surface area contributed by atoms with E-state index in [4.69, 9.17) is 5.84 Å². The lowest BCUT2D eigenvalue weighted by atomic mass is 9.92. The second-order valence-corrected chi connectivity index (χ2v) is 6.45. The number of nitrogens with zero attached hydrogens (tertiary/aromatic N) is 1. The monoisotopic (exact) mass is 235 g/mol. The average molecular weight is 235 g/mol. The fourth-order valence-electron chi connectivity index (χ4n) is 1.58. The molecule has 1 aliphatic heterocycles. The van der Waals surface area contributed by atoms with Gasteiger partial charge in [0.05, 0.1) is 11.2 Å². The molecular weight excluding hydrogens is 218 g/mol. The molecule has 15 heavy (non-hydrogen) atoms. The van der Waals surface area contributed by atoms with Crippen molar-refractivity contribution < 1.29 is 13.2 Å². The zero-order valence-electron chi connectivity index (χ0n) is 8.99. The zero-order chi connectivity index (χ0) is 11.7. The first-order chi connectivity index (χ1) is 6.79. The lowest BCUT2D eigenvalue weighted by molar-refractivity contribution is -0.129. The van der Waals surface area contributed by atoms with Crippen LogP contribution in [-0.2, 0) is 14.8 Å². The van der Waals surface area contributed by atoms with Gasteiger partial charge in [0.2, 0.25) is 15.9 Å². The Hall–Kier alpha value is -0.660. The van der Waals surface area contributed by atoms with Crippen molar-refractivity contribution in [3.05, 3.63) is 0 Å². The van der Waals surface area contributed by atoms with E-state index >= 15 is 0 Å². The Labute approximate surface area is 89.8 Å². The highest BCUT2D eigenvalue weighted by Crippen LogP contribution is 2.22. The standard InChI is InChI=1S/C8H17N3O3S/c1-8(2,7(12)10-9)6-11-4-3-5-15(11,13)14/h3-6,9H2,1-2H3,(H,10,12). The summed E-state index contributed by atoms with van der Waals surface area (Å²) in [5.74, 6) is 4.85. The highest BCUT2D eigenvalue weighted by atomic mass is 32.2. The summed E-state index contributed by atoms with van der Waals surface area (Å²) in [7, 11) is -3.15. The van der Waals surface area contributed by atoms with E-state index in [1.54, 1.807) is 13.8 Å². The Morgan fingerprint density at radius 3 is 2.53 bits per heavy atom. The number of nitrogens with two attached hydrogens (primary N) is 1. The summed E-state index contributed by atoms with van der Waals surface area (Å²) in [4.78, 5) is 11.4. The smallest absolute Gasteiger partial charge is 0.240 e. The van der Waals surface area contributed by atoms with Crippen molar-refractivity contribution >= 4 is 15.9 Å². The van der Waals surface area contributed by atoms with Gasteiger partial charge in [-0.3, -0.25) is 10.2 Å². The van der Waals surface area contributed by atoms with E-state index in [-0.39, 0.29) is 18.2 Å². The van der Waals surface area contributed by atoms with Crippen molar-refractivity contribution in [3.8, 4) is 0 Å². The van der Waals surface area contributed by atoms with E-state index in [0.717, 1.165) is 0 Å². The quantitative estimate of drug-likeness (QED) is 0.374. The predicted molar refractivity (Wildman–Crippen MR) is 56.1 cm³/mol. The minimum atomic E-state index is -3.15. The van der Waals surface area contributed by atoms with Gasteiger partial charge in [0.15, 0.2) is 0 Å². The van der Waals surface area contributed by atoms with Crippen LogP contribution >= 0.6 is 0 Å². The minimum absolute atomic E-state index is 0.174. The molecular formula is C8H17N3O3S. The Bertz CT molecular complexity index is 350. The van der Waals surface area contributed by atoms with Crippen LogP contribution < -0.4 is 11.3 Å².